The van der Waals surface area contributed by atoms with Crippen molar-refractivity contribution in [1.82, 2.24) is 30.2 Å². The van der Waals surface area contributed by atoms with Gasteiger partial charge in [0.05, 0.1) is 19.4 Å². The molecule has 1 saturated heterocycles. The van der Waals surface area contributed by atoms with Crippen LogP contribution < -0.4 is 4.90 Å². The van der Waals surface area contributed by atoms with Gasteiger partial charge in [-0.15, -0.1) is 26.2 Å². The van der Waals surface area contributed by atoms with Crippen LogP contribution >= 0.6 is 11.3 Å². The summed E-state index contributed by atoms with van der Waals surface area (Å²) >= 11 is 1.67. The van der Waals surface area contributed by atoms with Crippen molar-refractivity contribution in [2.75, 3.05) is 18.0 Å². The summed E-state index contributed by atoms with van der Waals surface area (Å²) < 4.78 is 6.93. The average molecular weight is 424 g/mol. The van der Waals surface area contributed by atoms with Crippen molar-refractivity contribution < 1.29 is 9.21 Å². The number of amides is 1. The van der Waals surface area contributed by atoms with Crippen LogP contribution in [0.15, 0.2) is 52.5 Å². The van der Waals surface area contributed by atoms with Gasteiger partial charge >= 0.3 is 0 Å². The molecule has 0 aliphatic carbocycles. The number of furan rings is 1. The number of carbonyl (C=O) groups excluding carboxylic acids is 1. The van der Waals surface area contributed by atoms with Crippen molar-refractivity contribution in [3.05, 3.63) is 58.7 Å². The lowest BCUT2D eigenvalue weighted by Crippen LogP contribution is -2.42. The Morgan fingerprint density at radius 2 is 2.07 bits per heavy atom. The van der Waals surface area contributed by atoms with Crippen LogP contribution in [0.4, 0.5) is 5.82 Å². The second-order valence-corrected chi connectivity index (χ2v) is 8.36. The van der Waals surface area contributed by atoms with Crippen LogP contribution in [0.5, 0.6) is 0 Å². The fraction of sp³-hybridized carbons (Fsp3) is 0.350. The van der Waals surface area contributed by atoms with E-state index in [2.05, 4.69) is 31.6 Å². The second kappa shape index (κ2) is 8.23. The summed E-state index contributed by atoms with van der Waals surface area (Å²) in [5.74, 6) is 1.80. The highest BCUT2D eigenvalue weighted by Gasteiger charge is 2.30. The Bertz CT molecular complexity index is 1070. The Morgan fingerprint density at radius 3 is 2.83 bits per heavy atom. The number of piperidine rings is 1. The summed E-state index contributed by atoms with van der Waals surface area (Å²) in [6, 6.07) is 11.6. The van der Waals surface area contributed by atoms with Gasteiger partial charge in [0.15, 0.2) is 11.5 Å². The van der Waals surface area contributed by atoms with Crippen LogP contribution in [-0.4, -0.2) is 49.2 Å². The maximum Gasteiger partial charge on any atom is 0.226 e. The monoisotopic (exact) mass is 423 g/mol. The predicted molar refractivity (Wildman–Crippen MR) is 111 cm³/mol. The number of hydrogen-bond acceptors (Lipinski definition) is 8. The van der Waals surface area contributed by atoms with Crippen molar-refractivity contribution in [3.63, 3.8) is 0 Å². The predicted octanol–water partition coefficient (Wildman–Crippen LogP) is 2.62. The standard InChI is InChI=1S/C20H21N7O2S/c28-20(26(13-16-3-1-11-29-16)14-17-4-2-12-30-17)15-7-9-25(10-8-15)19-6-5-18-21-23-24-27(18)22-19/h1-6,11-12,15H,7-10,13-14H2. The first kappa shape index (κ1) is 18.7. The summed E-state index contributed by atoms with van der Waals surface area (Å²) in [5, 5.41) is 17.9. The van der Waals surface area contributed by atoms with Crippen LogP contribution in [0.1, 0.15) is 23.5 Å². The van der Waals surface area contributed by atoms with Crippen molar-refractivity contribution in [1.29, 1.82) is 0 Å². The Labute approximate surface area is 176 Å². The summed E-state index contributed by atoms with van der Waals surface area (Å²) in [5.41, 5.74) is 0.617. The molecule has 1 fully saturated rings. The highest BCUT2D eigenvalue weighted by atomic mass is 32.1. The van der Waals surface area contributed by atoms with Gasteiger partial charge in [0.1, 0.15) is 5.76 Å². The molecule has 0 N–H and O–H groups in total. The number of fused-ring (bicyclic) bond motifs is 1. The van der Waals surface area contributed by atoms with Gasteiger partial charge in [-0.25, -0.2) is 0 Å². The number of rotatable bonds is 6. The minimum absolute atomic E-state index is 0.00653. The highest BCUT2D eigenvalue weighted by Crippen LogP contribution is 2.25. The van der Waals surface area contributed by atoms with Gasteiger partial charge in [-0.2, -0.15) is 0 Å². The molecule has 0 saturated carbocycles. The number of tetrazole rings is 1. The van der Waals surface area contributed by atoms with Crippen molar-refractivity contribution in [2.24, 2.45) is 5.92 Å². The summed E-state index contributed by atoms with van der Waals surface area (Å²) in [7, 11) is 0. The lowest BCUT2D eigenvalue weighted by atomic mass is 9.95. The third-order valence-corrected chi connectivity index (χ3v) is 6.25. The molecule has 9 nitrogen and oxygen atoms in total. The molecule has 0 spiro atoms. The molecule has 1 amide bonds. The molecule has 5 rings (SSSR count). The lowest BCUT2D eigenvalue weighted by molar-refractivity contribution is -0.137. The SMILES string of the molecule is O=C(C1CCN(c2ccc3nnnn3n2)CC1)N(Cc1ccco1)Cc1cccs1. The molecule has 1 aliphatic heterocycles. The van der Waals surface area contributed by atoms with Gasteiger partial charge in [0.2, 0.25) is 5.91 Å². The quantitative estimate of drug-likeness (QED) is 0.471. The molecule has 4 aromatic rings. The number of hydrogen-bond donors (Lipinski definition) is 0. The number of nitrogens with zero attached hydrogens (tertiary/aromatic N) is 7. The smallest absolute Gasteiger partial charge is 0.226 e. The van der Waals surface area contributed by atoms with E-state index >= 15 is 0 Å². The normalized spacial score (nSPS) is 15.0. The van der Waals surface area contributed by atoms with Crippen LogP contribution in [0, 0.1) is 5.92 Å². The summed E-state index contributed by atoms with van der Waals surface area (Å²) in [4.78, 5) is 18.6. The Balaban J connectivity index is 1.26. The number of aromatic nitrogens is 5. The maximum atomic E-state index is 13.4. The molecule has 154 valence electrons. The van der Waals surface area contributed by atoms with Crippen LogP contribution in [-0.2, 0) is 17.9 Å². The Kier molecular flexibility index (Phi) is 5.14. The molecule has 1 aliphatic rings. The van der Waals surface area contributed by atoms with Gasteiger partial charge in [-0.3, -0.25) is 4.79 Å². The number of anilines is 1. The molecule has 0 unspecified atom stereocenters. The van der Waals surface area contributed by atoms with E-state index < -0.39 is 0 Å². The van der Waals surface area contributed by atoms with Gasteiger partial charge in [0, 0.05) is 23.9 Å². The first-order valence-electron chi connectivity index (χ1n) is 9.90. The minimum Gasteiger partial charge on any atom is -0.467 e. The van der Waals surface area contributed by atoms with E-state index in [1.54, 1.807) is 17.6 Å². The highest BCUT2D eigenvalue weighted by molar-refractivity contribution is 7.09. The Hall–Kier alpha value is -3.27. The average Bonchev–Trinajstić information content (AvgIpc) is 3.55. The summed E-state index contributed by atoms with van der Waals surface area (Å²) in [6.07, 6.45) is 3.22. The maximum absolute atomic E-state index is 13.4. The largest absolute Gasteiger partial charge is 0.467 e. The topological polar surface area (TPSA) is 92.7 Å². The molecule has 10 heteroatoms. The van der Waals surface area contributed by atoms with Crippen LogP contribution in [0.2, 0.25) is 0 Å². The molecular weight excluding hydrogens is 402 g/mol. The van der Waals surface area contributed by atoms with Crippen molar-refractivity contribution >= 4 is 28.7 Å². The zero-order chi connectivity index (χ0) is 20.3. The van der Waals surface area contributed by atoms with E-state index in [1.807, 2.05) is 40.6 Å². The first-order valence-corrected chi connectivity index (χ1v) is 10.8. The molecule has 0 aromatic carbocycles. The molecular formula is C20H21N7O2S. The van der Waals surface area contributed by atoms with Crippen LogP contribution in [0.3, 0.4) is 0 Å². The summed E-state index contributed by atoms with van der Waals surface area (Å²) in [6.45, 7) is 2.63. The fourth-order valence-electron chi connectivity index (χ4n) is 3.82. The first-order chi connectivity index (χ1) is 14.8. The van der Waals surface area contributed by atoms with E-state index in [4.69, 9.17) is 4.42 Å². The van der Waals surface area contributed by atoms with E-state index in [1.165, 1.54) is 9.51 Å². The molecule has 30 heavy (non-hydrogen) atoms. The fourth-order valence-corrected chi connectivity index (χ4v) is 4.54. The number of thiophene rings is 1. The third-order valence-electron chi connectivity index (χ3n) is 5.39. The van der Waals surface area contributed by atoms with E-state index in [0.717, 1.165) is 37.5 Å². The zero-order valence-electron chi connectivity index (χ0n) is 16.3. The van der Waals surface area contributed by atoms with Gasteiger partial charge in [0.25, 0.3) is 0 Å². The third kappa shape index (κ3) is 3.90. The van der Waals surface area contributed by atoms with Crippen molar-refractivity contribution in [3.8, 4) is 0 Å². The Morgan fingerprint density at radius 1 is 1.17 bits per heavy atom. The van der Waals surface area contributed by atoms with Crippen LogP contribution in [0.25, 0.3) is 5.65 Å². The molecule has 0 atom stereocenters. The van der Waals surface area contributed by atoms with E-state index in [-0.39, 0.29) is 11.8 Å². The van der Waals surface area contributed by atoms with Gasteiger partial charge in [-0.1, -0.05) is 6.07 Å². The minimum atomic E-state index is -0.00653. The van der Waals surface area contributed by atoms with E-state index in [0.29, 0.717) is 18.7 Å². The number of carbonyl (C=O) groups is 1. The van der Waals surface area contributed by atoms with Gasteiger partial charge in [-0.05, 0) is 59.0 Å². The zero-order valence-corrected chi connectivity index (χ0v) is 17.1. The molecule has 5 heterocycles. The van der Waals surface area contributed by atoms with Gasteiger partial charge < -0.3 is 14.2 Å². The molecule has 4 aromatic heterocycles. The lowest BCUT2D eigenvalue weighted by Gasteiger charge is -2.34. The van der Waals surface area contributed by atoms with Crippen molar-refractivity contribution in [2.45, 2.75) is 25.9 Å². The van der Waals surface area contributed by atoms with E-state index in [9.17, 15) is 4.79 Å². The molecule has 0 bridgehead atoms. The molecule has 0 radical (unpaired) electrons. The second-order valence-electron chi connectivity index (χ2n) is 7.33.